The van der Waals surface area contributed by atoms with Gasteiger partial charge in [0.25, 0.3) is 0 Å². The Morgan fingerprint density at radius 3 is 2.50 bits per heavy atom. The second-order valence-corrected chi connectivity index (χ2v) is 4.99. The van der Waals surface area contributed by atoms with Crippen LogP contribution in [0.1, 0.15) is 32.1 Å². The molecule has 2 saturated carbocycles. The number of thioether (sulfide) groups is 1. The highest BCUT2D eigenvalue weighted by Gasteiger charge is 2.44. The van der Waals surface area contributed by atoms with Gasteiger partial charge in [0, 0.05) is 6.04 Å². The molecule has 0 aromatic heterocycles. The molecular formula is C9H15NOS. The lowest BCUT2D eigenvalue weighted by atomic mass is 9.83. The summed E-state index contributed by atoms with van der Waals surface area (Å²) in [5.74, 6) is 0.295. The molecule has 0 atom stereocenters. The molecule has 68 valence electrons. The zero-order valence-electron chi connectivity index (χ0n) is 7.43. The van der Waals surface area contributed by atoms with E-state index < -0.39 is 0 Å². The average molecular weight is 185 g/mol. The normalized spacial score (nSPS) is 26.1. The monoisotopic (exact) mass is 185 g/mol. The Labute approximate surface area is 77.5 Å². The van der Waals surface area contributed by atoms with Crippen molar-refractivity contribution >= 4 is 17.7 Å². The van der Waals surface area contributed by atoms with Crippen LogP contribution in [0.15, 0.2) is 0 Å². The molecule has 0 aromatic rings. The lowest BCUT2D eigenvalue weighted by Crippen LogP contribution is -2.49. The predicted octanol–water partition coefficient (Wildman–Crippen LogP) is 1.55. The maximum atomic E-state index is 11.7. The Morgan fingerprint density at radius 2 is 2.17 bits per heavy atom. The maximum absolute atomic E-state index is 11.7. The molecule has 0 radical (unpaired) electrons. The fourth-order valence-electron chi connectivity index (χ4n) is 1.57. The van der Waals surface area contributed by atoms with Crippen molar-refractivity contribution in [3.05, 3.63) is 0 Å². The number of carbonyl (C=O) groups is 1. The van der Waals surface area contributed by atoms with Gasteiger partial charge >= 0.3 is 0 Å². The van der Waals surface area contributed by atoms with Crippen molar-refractivity contribution in [2.24, 2.45) is 0 Å². The zero-order chi connectivity index (χ0) is 8.60. The Hall–Kier alpha value is -0.180. The lowest BCUT2D eigenvalue weighted by molar-refractivity contribution is -0.125. The van der Waals surface area contributed by atoms with Crippen LogP contribution < -0.4 is 5.32 Å². The third-order valence-corrected chi connectivity index (χ3v) is 4.25. The van der Waals surface area contributed by atoms with Gasteiger partial charge in [-0.05, 0) is 38.4 Å². The van der Waals surface area contributed by atoms with Crippen LogP contribution >= 0.6 is 11.8 Å². The van der Waals surface area contributed by atoms with Crippen molar-refractivity contribution < 1.29 is 4.79 Å². The number of nitrogens with one attached hydrogen (secondary N) is 1. The molecule has 2 aliphatic carbocycles. The Morgan fingerprint density at radius 1 is 1.50 bits per heavy atom. The highest BCUT2D eigenvalue weighted by atomic mass is 32.2. The van der Waals surface area contributed by atoms with Crippen LogP contribution in [0.4, 0.5) is 0 Å². The zero-order valence-corrected chi connectivity index (χ0v) is 8.25. The molecule has 0 heterocycles. The number of rotatable bonds is 3. The molecule has 2 aliphatic rings. The minimum Gasteiger partial charge on any atom is -0.352 e. The van der Waals surface area contributed by atoms with Crippen molar-refractivity contribution in [3.8, 4) is 0 Å². The molecule has 0 saturated heterocycles. The number of carbonyl (C=O) groups excluding carboxylic acids is 1. The molecule has 2 nitrogen and oxygen atoms in total. The number of hydrogen-bond donors (Lipinski definition) is 1. The number of amides is 1. The average Bonchev–Trinajstić information content (AvgIpc) is 2.70. The second-order valence-electron chi connectivity index (χ2n) is 3.80. The summed E-state index contributed by atoms with van der Waals surface area (Å²) < 4.78 is -0.0391. The van der Waals surface area contributed by atoms with Crippen molar-refractivity contribution in [3.63, 3.8) is 0 Å². The van der Waals surface area contributed by atoms with Crippen LogP contribution in [0, 0.1) is 0 Å². The molecule has 0 spiro atoms. The van der Waals surface area contributed by atoms with Gasteiger partial charge in [-0.3, -0.25) is 4.79 Å². The maximum Gasteiger partial charge on any atom is 0.236 e. The van der Waals surface area contributed by atoms with E-state index in [-0.39, 0.29) is 4.75 Å². The first-order valence-corrected chi connectivity index (χ1v) is 5.85. The van der Waals surface area contributed by atoms with Crippen LogP contribution in [-0.2, 0) is 4.79 Å². The van der Waals surface area contributed by atoms with E-state index in [1.165, 1.54) is 19.3 Å². The lowest BCUT2D eigenvalue weighted by Gasteiger charge is -2.38. The van der Waals surface area contributed by atoms with E-state index in [0.29, 0.717) is 11.9 Å². The Balaban J connectivity index is 1.90. The minimum atomic E-state index is -0.0391. The molecule has 0 aliphatic heterocycles. The second kappa shape index (κ2) is 2.95. The first-order valence-electron chi connectivity index (χ1n) is 4.63. The van der Waals surface area contributed by atoms with Crippen LogP contribution in [0.3, 0.4) is 0 Å². The Bertz CT molecular complexity index is 191. The summed E-state index contributed by atoms with van der Waals surface area (Å²) in [5.41, 5.74) is 0. The van der Waals surface area contributed by atoms with Crippen LogP contribution in [0.5, 0.6) is 0 Å². The number of hydrogen-bond acceptors (Lipinski definition) is 2. The van der Waals surface area contributed by atoms with E-state index in [9.17, 15) is 4.79 Å². The largest absolute Gasteiger partial charge is 0.352 e. The van der Waals surface area contributed by atoms with Gasteiger partial charge < -0.3 is 5.32 Å². The van der Waals surface area contributed by atoms with Gasteiger partial charge in [-0.15, -0.1) is 11.8 Å². The molecule has 0 bridgehead atoms. The van der Waals surface area contributed by atoms with Gasteiger partial charge in [0.05, 0.1) is 4.75 Å². The SMILES string of the molecule is CSC1(C(=O)NC2CC2)CCC1. The third kappa shape index (κ3) is 1.35. The molecule has 1 amide bonds. The third-order valence-electron chi connectivity index (χ3n) is 2.88. The van der Waals surface area contributed by atoms with E-state index in [0.717, 1.165) is 12.8 Å². The smallest absolute Gasteiger partial charge is 0.236 e. The van der Waals surface area contributed by atoms with Gasteiger partial charge in [0.2, 0.25) is 5.91 Å². The van der Waals surface area contributed by atoms with Gasteiger partial charge in [0.15, 0.2) is 0 Å². The molecule has 0 aromatic carbocycles. The topological polar surface area (TPSA) is 29.1 Å². The van der Waals surface area contributed by atoms with Crippen LogP contribution in [-0.4, -0.2) is 23.0 Å². The van der Waals surface area contributed by atoms with Crippen molar-refractivity contribution in [2.45, 2.75) is 42.9 Å². The van der Waals surface area contributed by atoms with E-state index in [1.54, 1.807) is 11.8 Å². The van der Waals surface area contributed by atoms with E-state index >= 15 is 0 Å². The van der Waals surface area contributed by atoms with E-state index in [1.807, 2.05) is 6.26 Å². The van der Waals surface area contributed by atoms with E-state index in [2.05, 4.69) is 5.32 Å². The highest BCUT2D eigenvalue weighted by molar-refractivity contribution is 8.00. The fourth-order valence-corrected chi connectivity index (χ4v) is 2.51. The van der Waals surface area contributed by atoms with Gasteiger partial charge in [-0.25, -0.2) is 0 Å². The van der Waals surface area contributed by atoms with Gasteiger partial charge in [-0.1, -0.05) is 0 Å². The molecular weight excluding hydrogens is 170 g/mol. The Kier molecular flexibility index (Phi) is 2.07. The summed E-state index contributed by atoms with van der Waals surface area (Å²) in [5, 5.41) is 3.09. The van der Waals surface area contributed by atoms with Gasteiger partial charge in [-0.2, -0.15) is 0 Å². The summed E-state index contributed by atoms with van der Waals surface area (Å²) in [6.45, 7) is 0. The highest BCUT2D eigenvalue weighted by Crippen LogP contribution is 2.43. The summed E-state index contributed by atoms with van der Waals surface area (Å²) in [4.78, 5) is 11.7. The summed E-state index contributed by atoms with van der Waals surface area (Å²) in [7, 11) is 0. The standard InChI is InChI=1S/C9H15NOS/c1-12-9(5-2-6-9)8(11)10-7-3-4-7/h7H,2-6H2,1H3,(H,10,11). The first-order chi connectivity index (χ1) is 5.77. The minimum absolute atomic E-state index is 0.0391. The fraction of sp³-hybridized carbons (Fsp3) is 0.889. The van der Waals surface area contributed by atoms with Crippen LogP contribution in [0.2, 0.25) is 0 Å². The van der Waals surface area contributed by atoms with Gasteiger partial charge in [0.1, 0.15) is 0 Å². The summed E-state index contributed by atoms with van der Waals surface area (Å²) in [6.07, 6.45) is 7.80. The molecule has 0 unspecified atom stereocenters. The molecule has 2 fully saturated rings. The molecule has 3 heteroatoms. The van der Waals surface area contributed by atoms with Crippen molar-refractivity contribution in [1.82, 2.24) is 5.32 Å². The molecule has 2 rings (SSSR count). The van der Waals surface area contributed by atoms with Crippen molar-refractivity contribution in [1.29, 1.82) is 0 Å². The quantitative estimate of drug-likeness (QED) is 0.723. The predicted molar refractivity (Wildman–Crippen MR) is 51.3 cm³/mol. The first kappa shape index (κ1) is 8.42. The molecule has 12 heavy (non-hydrogen) atoms. The molecule has 1 N–H and O–H groups in total. The van der Waals surface area contributed by atoms with E-state index in [4.69, 9.17) is 0 Å². The summed E-state index contributed by atoms with van der Waals surface area (Å²) in [6, 6.07) is 0.516. The van der Waals surface area contributed by atoms with Crippen LogP contribution in [0.25, 0.3) is 0 Å². The summed E-state index contributed by atoms with van der Waals surface area (Å²) >= 11 is 1.72. The van der Waals surface area contributed by atoms with Crippen molar-refractivity contribution in [2.75, 3.05) is 6.26 Å².